The Morgan fingerprint density at radius 2 is 2.38 bits per heavy atom. The normalized spacial score (nSPS) is 26.9. The summed E-state index contributed by atoms with van der Waals surface area (Å²) in [6.45, 7) is 4.44. The van der Waals surface area contributed by atoms with E-state index in [0.29, 0.717) is 0 Å². The molecule has 90 valence electrons. The smallest absolute Gasteiger partial charge is 0.205 e. The second kappa shape index (κ2) is 4.65. The molecule has 1 fully saturated rings. The van der Waals surface area contributed by atoms with Gasteiger partial charge >= 0.3 is 0 Å². The highest BCUT2D eigenvalue weighted by Crippen LogP contribution is 2.23. The van der Waals surface area contributed by atoms with Gasteiger partial charge in [0.25, 0.3) is 0 Å². The van der Waals surface area contributed by atoms with Crippen molar-refractivity contribution < 1.29 is 5.11 Å². The van der Waals surface area contributed by atoms with Gasteiger partial charge in [-0.15, -0.1) is 10.2 Å². The highest BCUT2D eigenvalue weighted by atomic mass is 32.1. The molecular formula is C10H18N4OS. The molecule has 0 aromatic carbocycles. The van der Waals surface area contributed by atoms with Crippen molar-refractivity contribution >= 4 is 16.5 Å². The van der Waals surface area contributed by atoms with Gasteiger partial charge in [0.1, 0.15) is 5.01 Å². The predicted molar refractivity (Wildman–Crippen MR) is 64.6 cm³/mol. The van der Waals surface area contributed by atoms with Gasteiger partial charge in [-0.3, -0.25) is 4.90 Å². The van der Waals surface area contributed by atoms with Gasteiger partial charge in [0.05, 0.1) is 12.1 Å². The van der Waals surface area contributed by atoms with Crippen LogP contribution in [0.25, 0.3) is 0 Å². The van der Waals surface area contributed by atoms with E-state index in [0.717, 1.165) is 42.6 Å². The third-order valence-electron chi connectivity index (χ3n) is 2.79. The summed E-state index contributed by atoms with van der Waals surface area (Å²) in [5.74, 6) is 0. The van der Waals surface area contributed by atoms with E-state index in [1.165, 1.54) is 0 Å². The van der Waals surface area contributed by atoms with Crippen molar-refractivity contribution in [1.29, 1.82) is 0 Å². The van der Waals surface area contributed by atoms with Crippen LogP contribution >= 0.6 is 11.3 Å². The lowest BCUT2D eigenvalue weighted by atomic mass is 9.95. The Labute approximate surface area is 99.5 Å². The van der Waals surface area contributed by atoms with E-state index in [2.05, 4.69) is 20.4 Å². The van der Waals surface area contributed by atoms with Crippen LogP contribution in [0.4, 0.5) is 5.13 Å². The number of β-amino-alcohol motifs (C(OH)–C–C–N with tert-alkyl or cyclic N) is 1. The molecule has 0 spiro atoms. The fourth-order valence-corrected chi connectivity index (χ4v) is 2.80. The zero-order valence-corrected chi connectivity index (χ0v) is 10.5. The van der Waals surface area contributed by atoms with Crippen molar-refractivity contribution in [3.63, 3.8) is 0 Å². The van der Waals surface area contributed by atoms with Gasteiger partial charge in [-0.1, -0.05) is 11.3 Å². The van der Waals surface area contributed by atoms with Crippen LogP contribution in [0, 0.1) is 0 Å². The molecule has 1 aromatic heterocycles. The maximum atomic E-state index is 9.99. The molecule has 1 aromatic rings. The van der Waals surface area contributed by atoms with E-state index in [4.69, 9.17) is 0 Å². The van der Waals surface area contributed by atoms with E-state index in [1.54, 1.807) is 11.3 Å². The molecule has 5 nitrogen and oxygen atoms in total. The highest BCUT2D eigenvalue weighted by Gasteiger charge is 2.28. The summed E-state index contributed by atoms with van der Waals surface area (Å²) < 4.78 is 0. The quantitative estimate of drug-likeness (QED) is 0.825. The van der Waals surface area contributed by atoms with Crippen molar-refractivity contribution in [2.45, 2.75) is 31.9 Å². The molecule has 0 bridgehead atoms. The molecular weight excluding hydrogens is 224 g/mol. The minimum Gasteiger partial charge on any atom is -0.389 e. The van der Waals surface area contributed by atoms with Crippen molar-refractivity contribution in [3.8, 4) is 0 Å². The fraction of sp³-hybridized carbons (Fsp3) is 0.800. The minimum absolute atomic E-state index is 0.547. The first-order valence-corrected chi connectivity index (χ1v) is 6.35. The Balaban J connectivity index is 1.94. The van der Waals surface area contributed by atoms with Gasteiger partial charge < -0.3 is 10.4 Å². The minimum atomic E-state index is -0.547. The van der Waals surface area contributed by atoms with Gasteiger partial charge in [-0.25, -0.2) is 0 Å². The van der Waals surface area contributed by atoms with Crippen molar-refractivity contribution in [1.82, 2.24) is 15.1 Å². The van der Waals surface area contributed by atoms with E-state index < -0.39 is 5.60 Å². The molecule has 0 aliphatic carbocycles. The number of nitrogens with one attached hydrogen (secondary N) is 1. The summed E-state index contributed by atoms with van der Waals surface area (Å²) in [5, 5.41) is 22.9. The van der Waals surface area contributed by atoms with Crippen LogP contribution in [-0.4, -0.2) is 45.9 Å². The van der Waals surface area contributed by atoms with Crippen molar-refractivity contribution in [2.24, 2.45) is 0 Å². The predicted octanol–water partition coefficient (Wildman–Crippen LogP) is 0.927. The first kappa shape index (κ1) is 11.8. The number of aromatic nitrogens is 2. The summed E-state index contributed by atoms with van der Waals surface area (Å²) in [7, 11) is 1.84. The van der Waals surface area contributed by atoms with E-state index in [9.17, 15) is 5.11 Å². The van der Waals surface area contributed by atoms with Crippen LogP contribution in [0.1, 0.15) is 24.8 Å². The molecule has 2 rings (SSSR count). The topological polar surface area (TPSA) is 61.3 Å². The molecule has 0 saturated carbocycles. The third-order valence-corrected chi connectivity index (χ3v) is 3.72. The molecule has 6 heteroatoms. The van der Waals surface area contributed by atoms with Gasteiger partial charge in [-0.05, 0) is 26.3 Å². The number of hydrogen-bond donors (Lipinski definition) is 2. The Morgan fingerprint density at radius 1 is 1.56 bits per heavy atom. The summed E-state index contributed by atoms with van der Waals surface area (Å²) in [5.41, 5.74) is -0.547. The SMILES string of the molecule is CNc1nnc(CN2CCCC(C)(O)C2)s1. The Hall–Kier alpha value is -0.720. The molecule has 1 aliphatic rings. The van der Waals surface area contributed by atoms with Gasteiger partial charge in [0, 0.05) is 13.6 Å². The van der Waals surface area contributed by atoms with Gasteiger partial charge in [-0.2, -0.15) is 0 Å². The molecule has 1 atom stereocenters. The molecule has 0 radical (unpaired) electrons. The first-order valence-electron chi connectivity index (χ1n) is 5.54. The zero-order chi connectivity index (χ0) is 11.6. The number of piperidine rings is 1. The first-order chi connectivity index (χ1) is 7.59. The zero-order valence-electron chi connectivity index (χ0n) is 9.73. The average molecular weight is 242 g/mol. The standard InChI is InChI=1S/C10H18N4OS/c1-10(15)4-3-5-14(7-10)6-8-12-13-9(11-2)16-8/h15H,3-7H2,1-2H3,(H,11,13). The van der Waals surface area contributed by atoms with Crippen LogP contribution in [0.3, 0.4) is 0 Å². The lowest BCUT2D eigenvalue weighted by Gasteiger charge is -2.36. The molecule has 16 heavy (non-hydrogen) atoms. The second-order valence-electron chi connectivity index (χ2n) is 4.56. The van der Waals surface area contributed by atoms with Gasteiger partial charge in [0.15, 0.2) is 0 Å². The number of aliphatic hydroxyl groups is 1. The fourth-order valence-electron chi connectivity index (χ4n) is 2.07. The number of rotatable bonds is 3. The van der Waals surface area contributed by atoms with E-state index in [1.807, 2.05) is 14.0 Å². The second-order valence-corrected chi connectivity index (χ2v) is 5.62. The molecule has 1 aliphatic heterocycles. The largest absolute Gasteiger partial charge is 0.389 e. The number of nitrogens with zero attached hydrogens (tertiary/aromatic N) is 3. The number of hydrogen-bond acceptors (Lipinski definition) is 6. The average Bonchev–Trinajstić information content (AvgIpc) is 2.64. The maximum absolute atomic E-state index is 9.99. The Morgan fingerprint density at radius 3 is 3.00 bits per heavy atom. The Kier molecular flexibility index (Phi) is 3.41. The molecule has 2 heterocycles. The van der Waals surface area contributed by atoms with E-state index >= 15 is 0 Å². The van der Waals surface area contributed by atoms with Crippen LogP contribution in [-0.2, 0) is 6.54 Å². The maximum Gasteiger partial charge on any atom is 0.205 e. The third kappa shape index (κ3) is 2.90. The summed E-state index contributed by atoms with van der Waals surface area (Å²) >= 11 is 1.57. The molecule has 1 saturated heterocycles. The lowest BCUT2D eigenvalue weighted by Crippen LogP contribution is -2.45. The number of likely N-dealkylation sites (tertiary alicyclic amines) is 1. The van der Waals surface area contributed by atoms with Gasteiger partial charge in [0.2, 0.25) is 5.13 Å². The van der Waals surface area contributed by atoms with Crippen LogP contribution in [0.15, 0.2) is 0 Å². The molecule has 1 unspecified atom stereocenters. The Bertz CT molecular complexity index is 352. The van der Waals surface area contributed by atoms with Crippen molar-refractivity contribution in [2.75, 3.05) is 25.5 Å². The molecule has 2 N–H and O–H groups in total. The van der Waals surface area contributed by atoms with Crippen LogP contribution < -0.4 is 5.32 Å². The summed E-state index contributed by atoms with van der Waals surface area (Å²) in [6, 6.07) is 0. The van der Waals surface area contributed by atoms with Crippen LogP contribution in [0.5, 0.6) is 0 Å². The lowest BCUT2D eigenvalue weighted by molar-refractivity contribution is -0.0182. The molecule has 0 amide bonds. The van der Waals surface area contributed by atoms with Crippen molar-refractivity contribution in [3.05, 3.63) is 5.01 Å². The summed E-state index contributed by atoms with van der Waals surface area (Å²) in [4.78, 5) is 2.24. The highest BCUT2D eigenvalue weighted by molar-refractivity contribution is 7.15. The summed E-state index contributed by atoms with van der Waals surface area (Å²) in [6.07, 6.45) is 1.94. The number of anilines is 1. The monoisotopic (exact) mass is 242 g/mol. The van der Waals surface area contributed by atoms with E-state index in [-0.39, 0.29) is 0 Å². The van der Waals surface area contributed by atoms with Crippen LogP contribution in [0.2, 0.25) is 0 Å².